The van der Waals surface area contributed by atoms with Crippen molar-refractivity contribution >= 4 is 87.8 Å². The molecule has 0 aliphatic carbocycles. The summed E-state index contributed by atoms with van der Waals surface area (Å²) in [6.45, 7) is 0. The van der Waals surface area contributed by atoms with Gasteiger partial charge in [0.05, 0.1) is 27.8 Å². The first-order valence-electron chi connectivity index (χ1n) is 21.5. The van der Waals surface area contributed by atoms with Gasteiger partial charge in [-0.25, -0.2) is 4.98 Å². The number of benzene rings is 9. The SMILES string of the molecule is c1ccc(-c2ccc3c(c2)oc2nc(-c4ccccc4)nc(-c4cccc5oc6ccc(-c7ccc8c(c7)c7ccccc7n8-c7cccc8c7oc7ccccc78)cc6c45)c23)cc1. The molecule has 64 heavy (non-hydrogen) atoms. The number of rotatable bonds is 5. The van der Waals surface area contributed by atoms with E-state index in [0.29, 0.717) is 11.5 Å². The van der Waals surface area contributed by atoms with Gasteiger partial charge in [-0.2, -0.15) is 4.98 Å². The standard InChI is InChI=1S/C58H33N3O3/c1-3-13-34(14-4-1)38-25-28-42-52(33-38)64-58-54(42)55(59-57(60-58)35-15-5-2-6-16-35)43-20-12-24-51-53(43)45-32-37(27-30-50(45)62-51)36-26-29-47-44(31-36)39-17-7-9-21-46(39)61(47)48-22-11-19-41-40-18-8-10-23-49(40)63-56(41)48/h1-33H. The van der Waals surface area contributed by atoms with Gasteiger partial charge in [0.1, 0.15) is 22.3 Å². The van der Waals surface area contributed by atoms with Gasteiger partial charge in [0.15, 0.2) is 11.4 Å². The molecule has 298 valence electrons. The van der Waals surface area contributed by atoms with E-state index in [1.807, 2.05) is 60.7 Å². The van der Waals surface area contributed by atoms with Crippen molar-refractivity contribution in [3.63, 3.8) is 0 Å². The number of furan rings is 3. The van der Waals surface area contributed by atoms with Crippen molar-refractivity contribution in [1.82, 2.24) is 14.5 Å². The molecule has 0 aliphatic heterocycles. The highest BCUT2D eigenvalue weighted by Crippen LogP contribution is 2.44. The van der Waals surface area contributed by atoms with E-state index < -0.39 is 0 Å². The molecule has 0 fully saturated rings. The third-order valence-electron chi connectivity index (χ3n) is 12.9. The molecular formula is C58H33N3O3. The molecular weight excluding hydrogens is 787 g/mol. The van der Waals surface area contributed by atoms with E-state index in [1.165, 1.54) is 5.39 Å². The number of aromatic nitrogens is 3. The maximum atomic E-state index is 6.65. The van der Waals surface area contributed by atoms with E-state index in [4.69, 9.17) is 23.2 Å². The summed E-state index contributed by atoms with van der Waals surface area (Å²) >= 11 is 0. The Morgan fingerprint density at radius 2 is 1.00 bits per heavy atom. The first-order chi connectivity index (χ1) is 31.7. The monoisotopic (exact) mass is 819 g/mol. The summed E-state index contributed by atoms with van der Waals surface area (Å²) in [6.07, 6.45) is 0. The Balaban J connectivity index is 0.965. The van der Waals surface area contributed by atoms with Gasteiger partial charge in [0.25, 0.3) is 0 Å². The van der Waals surface area contributed by atoms with Crippen LogP contribution in [0, 0.1) is 0 Å². The minimum absolute atomic E-state index is 0.540. The van der Waals surface area contributed by atoms with E-state index in [0.717, 1.165) is 121 Å². The Kier molecular flexibility index (Phi) is 7.30. The smallest absolute Gasteiger partial charge is 0.231 e. The van der Waals surface area contributed by atoms with Crippen LogP contribution in [0.15, 0.2) is 213 Å². The van der Waals surface area contributed by atoms with E-state index in [1.54, 1.807) is 0 Å². The van der Waals surface area contributed by atoms with Crippen LogP contribution in [0.3, 0.4) is 0 Å². The average molecular weight is 820 g/mol. The molecule has 6 nitrogen and oxygen atoms in total. The van der Waals surface area contributed by atoms with Gasteiger partial charge in [-0.15, -0.1) is 0 Å². The highest BCUT2D eigenvalue weighted by Gasteiger charge is 2.23. The van der Waals surface area contributed by atoms with E-state index in [9.17, 15) is 0 Å². The largest absolute Gasteiger partial charge is 0.456 e. The molecule has 14 rings (SSSR count). The maximum Gasteiger partial charge on any atom is 0.231 e. The Morgan fingerprint density at radius 1 is 0.344 bits per heavy atom. The van der Waals surface area contributed by atoms with Gasteiger partial charge in [0, 0.05) is 48.8 Å². The van der Waals surface area contributed by atoms with Crippen LogP contribution in [0.1, 0.15) is 0 Å². The van der Waals surface area contributed by atoms with Crippen molar-refractivity contribution in [1.29, 1.82) is 0 Å². The number of hydrogen-bond donors (Lipinski definition) is 0. The zero-order valence-corrected chi connectivity index (χ0v) is 34.1. The quantitative estimate of drug-likeness (QED) is 0.173. The molecule has 0 N–H and O–H groups in total. The Morgan fingerprint density at radius 3 is 1.88 bits per heavy atom. The van der Waals surface area contributed by atoms with Gasteiger partial charge in [0.2, 0.25) is 5.71 Å². The number of hydrogen-bond acceptors (Lipinski definition) is 5. The predicted octanol–water partition coefficient (Wildman–Crippen LogP) is 15.9. The van der Waals surface area contributed by atoms with Crippen LogP contribution in [-0.4, -0.2) is 14.5 Å². The van der Waals surface area contributed by atoms with Crippen molar-refractivity contribution < 1.29 is 13.3 Å². The zero-order chi connectivity index (χ0) is 41.9. The van der Waals surface area contributed by atoms with Crippen LogP contribution in [0.2, 0.25) is 0 Å². The molecule has 0 atom stereocenters. The average Bonchev–Trinajstić information content (AvgIpc) is 4.12. The lowest BCUT2D eigenvalue weighted by Crippen LogP contribution is -1.94. The lowest BCUT2D eigenvalue weighted by Gasteiger charge is -2.09. The Labute approximate surface area is 364 Å². The molecule has 0 unspecified atom stereocenters. The predicted molar refractivity (Wildman–Crippen MR) is 260 cm³/mol. The molecule has 6 heteroatoms. The van der Waals surface area contributed by atoms with Crippen molar-refractivity contribution in [3.05, 3.63) is 200 Å². The van der Waals surface area contributed by atoms with Crippen LogP contribution in [0.5, 0.6) is 0 Å². The highest BCUT2D eigenvalue weighted by molar-refractivity contribution is 6.19. The normalized spacial score (nSPS) is 12.1. The van der Waals surface area contributed by atoms with Crippen LogP contribution in [0.25, 0.3) is 138 Å². The fourth-order valence-electron chi connectivity index (χ4n) is 9.92. The molecule has 14 aromatic rings. The number of fused-ring (bicyclic) bond motifs is 12. The lowest BCUT2D eigenvalue weighted by molar-refractivity contribution is 0.654. The summed E-state index contributed by atoms with van der Waals surface area (Å²) in [4.78, 5) is 10.4. The summed E-state index contributed by atoms with van der Waals surface area (Å²) < 4.78 is 22.2. The summed E-state index contributed by atoms with van der Waals surface area (Å²) in [7, 11) is 0. The van der Waals surface area contributed by atoms with Crippen LogP contribution >= 0.6 is 0 Å². The fraction of sp³-hybridized carbons (Fsp3) is 0. The topological polar surface area (TPSA) is 70.1 Å². The molecule has 0 spiro atoms. The summed E-state index contributed by atoms with van der Waals surface area (Å²) in [5, 5.41) is 8.38. The third-order valence-corrected chi connectivity index (χ3v) is 12.9. The molecule has 5 aromatic heterocycles. The van der Waals surface area contributed by atoms with E-state index in [2.05, 4.69) is 144 Å². The molecule has 0 saturated carbocycles. The van der Waals surface area contributed by atoms with Gasteiger partial charge in [-0.3, -0.25) is 0 Å². The maximum absolute atomic E-state index is 6.65. The molecule has 0 aliphatic rings. The molecule has 0 saturated heterocycles. The minimum atomic E-state index is 0.540. The summed E-state index contributed by atoms with van der Waals surface area (Å²) in [6, 6.07) is 69.7. The van der Waals surface area contributed by atoms with Gasteiger partial charge in [-0.1, -0.05) is 140 Å². The Bertz CT molecular complexity index is 4190. The summed E-state index contributed by atoms with van der Waals surface area (Å²) in [5.74, 6) is 0.597. The molecule has 0 radical (unpaired) electrons. The van der Waals surface area contributed by atoms with E-state index in [-0.39, 0.29) is 0 Å². The zero-order valence-electron chi connectivity index (χ0n) is 34.1. The first kappa shape index (κ1) is 34.9. The van der Waals surface area contributed by atoms with Crippen LogP contribution in [-0.2, 0) is 0 Å². The minimum Gasteiger partial charge on any atom is -0.456 e. The second kappa shape index (κ2) is 13.4. The molecule has 0 amide bonds. The van der Waals surface area contributed by atoms with Gasteiger partial charge < -0.3 is 17.8 Å². The lowest BCUT2D eigenvalue weighted by atomic mass is 9.97. The summed E-state index contributed by atoms with van der Waals surface area (Å²) in [5.41, 5.74) is 15.0. The molecule has 0 bridgehead atoms. The molecule has 5 heterocycles. The van der Waals surface area contributed by atoms with Crippen LogP contribution < -0.4 is 0 Å². The van der Waals surface area contributed by atoms with Crippen molar-refractivity contribution in [2.45, 2.75) is 0 Å². The fourth-order valence-corrected chi connectivity index (χ4v) is 9.92. The third kappa shape index (κ3) is 5.14. The second-order valence-electron chi connectivity index (χ2n) is 16.4. The van der Waals surface area contributed by atoms with Crippen molar-refractivity contribution in [2.75, 3.05) is 0 Å². The van der Waals surface area contributed by atoms with Crippen LogP contribution in [0.4, 0.5) is 0 Å². The first-order valence-corrected chi connectivity index (χ1v) is 21.5. The second-order valence-corrected chi connectivity index (χ2v) is 16.4. The highest BCUT2D eigenvalue weighted by atomic mass is 16.3. The van der Waals surface area contributed by atoms with Crippen molar-refractivity contribution in [3.8, 4) is 50.6 Å². The van der Waals surface area contributed by atoms with Crippen molar-refractivity contribution in [2.24, 2.45) is 0 Å². The number of nitrogens with zero attached hydrogens (tertiary/aromatic N) is 3. The van der Waals surface area contributed by atoms with Gasteiger partial charge in [-0.05, 0) is 82.9 Å². The molecule has 9 aromatic carbocycles. The Hall–Kier alpha value is -8.74. The van der Waals surface area contributed by atoms with E-state index >= 15 is 0 Å². The van der Waals surface area contributed by atoms with Gasteiger partial charge >= 0.3 is 0 Å². The number of para-hydroxylation sites is 3.